The minimum absolute atomic E-state index is 0.0588. The fraction of sp³-hybridized carbons (Fsp3) is 0.500. The number of rotatable bonds is 4. The van der Waals surface area contributed by atoms with Gasteiger partial charge >= 0.3 is 5.97 Å². The van der Waals surface area contributed by atoms with Crippen LogP contribution in [0, 0.1) is 0 Å². The summed E-state index contributed by atoms with van der Waals surface area (Å²) in [6.07, 6.45) is 0.135. The van der Waals surface area contributed by atoms with E-state index in [4.69, 9.17) is 0 Å². The molecule has 0 spiro atoms. The van der Waals surface area contributed by atoms with Crippen molar-refractivity contribution < 1.29 is 18.3 Å². The molecule has 1 aromatic rings. The predicted octanol–water partition coefficient (Wildman–Crippen LogP) is 0.480. The second-order valence-electron chi connectivity index (χ2n) is 4.16. The van der Waals surface area contributed by atoms with Crippen LogP contribution in [0.1, 0.15) is 11.3 Å². The largest absolute Gasteiger partial charge is 0.480 e. The highest BCUT2D eigenvalue weighted by Crippen LogP contribution is 2.24. The maximum atomic E-state index is 11.4. The number of carboxylic acid groups (broad SMARTS) is 1. The van der Waals surface area contributed by atoms with Crippen molar-refractivity contribution in [3.63, 3.8) is 0 Å². The van der Waals surface area contributed by atoms with Gasteiger partial charge in [0, 0.05) is 11.4 Å². The van der Waals surface area contributed by atoms with Crippen LogP contribution in [-0.4, -0.2) is 36.5 Å². The Morgan fingerprint density at radius 3 is 2.82 bits per heavy atom. The van der Waals surface area contributed by atoms with Gasteiger partial charge < -0.3 is 5.11 Å². The third-order valence-corrected chi connectivity index (χ3v) is 5.53. The van der Waals surface area contributed by atoms with Crippen molar-refractivity contribution >= 4 is 27.1 Å². The van der Waals surface area contributed by atoms with Gasteiger partial charge in [-0.1, -0.05) is 6.07 Å². The lowest BCUT2D eigenvalue weighted by molar-refractivity contribution is -0.143. The van der Waals surface area contributed by atoms with Gasteiger partial charge in [0.2, 0.25) is 0 Å². The van der Waals surface area contributed by atoms with Gasteiger partial charge in [-0.05, 0) is 17.9 Å². The second kappa shape index (κ2) is 4.40. The Hall–Kier alpha value is -0.920. The smallest absolute Gasteiger partial charge is 0.325 e. The Labute approximate surface area is 103 Å². The van der Waals surface area contributed by atoms with Crippen LogP contribution in [0.5, 0.6) is 0 Å². The molecule has 17 heavy (non-hydrogen) atoms. The molecule has 1 fully saturated rings. The molecule has 5 nitrogen and oxygen atoms in total. The van der Waals surface area contributed by atoms with E-state index < -0.39 is 21.3 Å². The SMILES string of the molecule is O=C(O)C1(NCc2cccs2)CCS(=O)(=O)C1. The molecule has 0 bridgehead atoms. The number of nitrogens with one attached hydrogen (secondary N) is 1. The second-order valence-corrected chi connectivity index (χ2v) is 7.38. The molecule has 0 amide bonds. The standard InChI is InChI=1S/C10H13NO4S2/c12-9(13)10(3-5-17(14,15)7-10)11-6-8-2-1-4-16-8/h1-2,4,11H,3,5-7H2,(H,12,13). The molecule has 0 aromatic carbocycles. The quantitative estimate of drug-likeness (QED) is 0.835. The first kappa shape index (κ1) is 12.5. The predicted molar refractivity (Wildman–Crippen MR) is 64.8 cm³/mol. The maximum absolute atomic E-state index is 11.4. The maximum Gasteiger partial charge on any atom is 0.325 e. The molecule has 0 saturated carbocycles. The van der Waals surface area contributed by atoms with Crippen molar-refractivity contribution in [3.05, 3.63) is 22.4 Å². The Balaban J connectivity index is 2.11. The fourth-order valence-electron chi connectivity index (χ4n) is 1.90. The first-order chi connectivity index (χ1) is 7.94. The van der Waals surface area contributed by atoms with Gasteiger partial charge in [-0.3, -0.25) is 10.1 Å². The van der Waals surface area contributed by atoms with Crippen molar-refractivity contribution in [2.45, 2.75) is 18.5 Å². The summed E-state index contributed by atoms with van der Waals surface area (Å²) in [4.78, 5) is 12.2. The molecule has 1 saturated heterocycles. The van der Waals surface area contributed by atoms with Crippen LogP contribution < -0.4 is 5.32 Å². The zero-order valence-corrected chi connectivity index (χ0v) is 10.7. The van der Waals surface area contributed by atoms with Gasteiger partial charge in [0.1, 0.15) is 5.54 Å². The van der Waals surface area contributed by atoms with E-state index in [0.29, 0.717) is 6.54 Å². The molecular weight excluding hydrogens is 262 g/mol. The van der Waals surface area contributed by atoms with Crippen LogP contribution >= 0.6 is 11.3 Å². The molecule has 1 atom stereocenters. The van der Waals surface area contributed by atoms with Crippen LogP contribution in [-0.2, 0) is 21.2 Å². The van der Waals surface area contributed by atoms with Gasteiger partial charge in [0.15, 0.2) is 9.84 Å². The van der Waals surface area contributed by atoms with Gasteiger partial charge in [-0.25, -0.2) is 8.42 Å². The average Bonchev–Trinajstić information content (AvgIpc) is 2.83. The monoisotopic (exact) mass is 275 g/mol. The third-order valence-electron chi connectivity index (χ3n) is 2.90. The molecule has 94 valence electrons. The number of sulfone groups is 1. The summed E-state index contributed by atoms with van der Waals surface area (Å²) in [7, 11) is -3.23. The van der Waals surface area contributed by atoms with E-state index in [1.165, 1.54) is 11.3 Å². The van der Waals surface area contributed by atoms with E-state index in [0.717, 1.165) is 4.88 Å². The highest BCUT2D eigenvalue weighted by Gasteiger charge is 2.48. The molecule has 0 radical (unpaired) electrons. The van der Waals surface area contributed by atoms with Crippen LogP contribution in [0.15, 0.2) is 17.5 Å². The Morgan fingerprint density at radius 2 is 2.35 bits per heavy atom. The summed E-state index contributed by atoms with van der Waals surface area (Å²) < 4.78 is 22.8. The van der Waals surface area contributed by atoms with Crippen molar-refractivity contribution in [3.8, 4) is 0 Å². The zero-order chi connectivity index (χ0) is 12.5. The molecule has 1 aliphatic rings. The van der Waals surface area contributed by atoms with Crippen LogP contribution in [0.4, 0.5) is 0 Å². The van der Waals surface area contributed by atoms with E-state index in [1.807, 2.05) is 17.5 Å². The molecule has 2 N–H and O–H groups in total. The summed E-state index contributed by atoms with van der Waals surface area (Å²) in [5, 5.41) is 14.0. The molecule has 2 heterocycles. The molecule has 2 rings (SSSR count). The Bertz CT molecular complexity index is 508. The van der Waals surface area contributed by atoms with E-state index in [9.17, 15) is 18.3 Å². The lowest BCUT2D eigenvalue weighted by Crippen LogP contribution is -2.52. The number of carbonyl (C=O) groups is 1. The van der Waals surface area contributed by atoms with Crippen molar-refractivity contribution in [1.82, 2.24) is 5.32 Å². The van der Waals surface area contributed by atoms with Crippen LogP contribution in [0.25, 0.3) is 0 Å². The molecule has 1 aliphatic heterocycles. The number of thiophene rings is 1. The summed E-state index contributed by atoms with van der Waals surface area (Å²) in [6.45, 7) is 0.388. The normalized spacial score (nSPS) is 27.1. The topological polar surface area (TPSA) is 83.5 Å². The molecule has 1 unspecified atom stereocenters. The Morgan fingerprint density at radius 1 is 1.59 bits per heavy atom. The minimum atomic E-state index is -3.23. The summed E-state index contributed by atoms with van der Waals surface area (Å²) in [6, 6.07) is 3.76. The molecule has 1 aromatic heterocycles. The molecule has 0 aliphatic carbocycles. The van der Waals surface area contributed by atoms with Crippen LogP contribution in [0.3, 0.4) is 0 Å². The van der Waals surface area contributed by atoms with Crippen molar-refractivity contribution in [2.24, 2.45) is 0 Å². The van der Waals surface area contributed by atoms with Gasteiger partial charge in [0.25, 0.3) is 0 Å². The van der Waals surface area contributed by atoms with E-state index in [1.54, 1.807) is 0 Å². The molecular formula is C10H13NO4S2. The van der Waals surface area contributed by atoms with Gasteiger partial charge in [-0.2, -0.15) is 0 Å². The highest BCUT2D eigenvalue weighted by molar-refractivity contribution is 7.91. The minimum Gasteiger partial charge on any atom is -0.480 e. The van der Waals surface area contributed by atoms with Gasteiger partial charge in [-0.15, -0.1) is 11.3 Å². The van der Waals surface area contributed by atoms with E-state index in [-0.39, 0.29) is 17.9 Å². The van der Waals surface area contributed by atoms with Crippen molar-refractivity contribution in [1.29, 1.82) is 0 Å². The van der Waals surface area contributed by atoms with E-state index >= 15 is 0 Å². The zero-order valence-electron chi connectivity index (χ0n) is 9.05. The van der Waals surface area contributed by atoms with Crippen LogP contribution in [0.2, 0.25) is 0 Å². The lowest BCUT2D eigenvalue weighted by atomic mass is 9.99. The average molecular weight is 275 g/mol. The first-order valence-electron chi connectivity index (χ1n) is 5.15. The van der Waals surface area contributed by atoms with Gasteiger partial charge in [0.05, 0.1) is 11.5 Å². The first-order valence-corrected chi connectivity index (χ1v) is 7.85. The summed E-state index contributed by atoms with van der Waals surface area (Å²) in [5.41, 5.74) is -1.32. The fourth-order valence-corrected chi connectivity index (χ4v) is 4.47. The Kier molecular flexibility index (Phi) is 3.24. The number of hydrogen-bond donors (Lipinski definition) is 2. The lowest BCUT2D eigenvalue weighted by Gasteiger charge is -2.23. The summed E-state index contributed by atoms with van der Waals surface area (Å²) in [5.74, 6) is -1.47. The van der Waals surface area contributed by atoms with Crippen molar-refractivity contribution in [2.75, 3.05) is 11.5 Å². The molecule has 7 heteroatoms. The van der Waals surface area contributed by atoms with E-state index in [2.05, 4.69) is 5.32 Å². The highest BCUT2D eigenvalue weighted by atomic mass is 32.2. The number of aliphatic carboxylic acids is 1. The number of hydrogen-bond acceptors (Lipinski definition) is 5. The third kappa shape index (κ3) is 2.67. The number of carboxylic acids is 1. The summed E-state index contributed by atoms with van der Waals surface area (Å²) >= 11 is 1.51.